The molecular formula is C16H27NO3S. The van der Waals surface area contributed by atoms with Gasteiger partial charge in [-0.2, -0.15) is 0 Å². The van der Waals surface area contributed by atoms with E-state index < -0.39 is 10.8 Å². The summed E-state index contributed by atoms with van der Waals surface area (Å²) in [4.78, 5) is 0. The van der Waals surface area contributed by atoms with Crippen molar-refractivity contribution in [3.63, 3.8) is 0 Å². The van der Waals surface area contributed by atoms with Crippen LogP contribution in [0.3, 0.4) is 0 Å². The van der Waals surface area contributed by atoms with Gasteiger partial charge in [-0.1, -0.05) is 19.1 Å². The van der Waals surface area contributed by atoms with Crippen LogP contribution in [0, 0.1) is 0 Å². The average Bonchev–Trinajstić information content (AvgIpc) is 2.45. The Bertz CT molecular complexity index is 420. The lowest BCUT2D eigenvalue weighted by atomic mass is 10.1. The van der Waals surface area contributed by atoms with Crippen molar-refractivity contribution in [3.05, 3.63) is 29.8 Å². The normalized spacial score (nSPS) is 14.1. The van der Waals surface area contributed by atoms with Gasteiger partial charge in [0.25, 0.3) is 0 Å². The van der Waals surface area contributed by atoms with Crippen molar-refractivity contribution >= 4 is 10.8 Å². The molecular weight excluding hydrogens is 286 g/mol. The molecule has 21 heavy (non-hydrogen) atoms. The predicted molar refractivity (Wildman–Crippen MR) is 88.4 cm³/mol. The summed E-state index contributed by atoms with van der Waals surface area (Å²) in [6.45, 7) is 7.45. The Morgan fingerprint density at radius 1 is 1.24 bits per heavy atom. The summed E-state index contributed by atoms with van der Waals surface area (Å²) in [6.07, 6.45) is 0.168. The summed E-state index contributed by atoms with van der Waals surface area (Å²) in [7, 11) is 0.746. The van der Waals surface area contributed by atoms with Crippen LogP contribution in [0.5, 0.6) is 5.75 Å². The van der Waals surface area contributed by atoms with Gasteiger partial charge >= 0.3 is 0 Å². The lowest BCUT2D eigenvalue weighted by Crippen LogP contribution is -2.27. The first-order chi connectivity index (χ1) is 10.1. The minimum Gasteiger partial charge on any atom is -0.491 e. The van der Waals surface area contributed by atoms with Gasteiger partial charge in [-0.3, -0.25) is 4.21 Å². The third-order valence-electron chi connectivity index (χ3n) is 2.97. The van der Waals surface area contributed by atoms with Crippen LogP contribution in [0.15, 0.2) is 24.3 Å². The average molecular weight is 313 g/mol. The highest BCUT2D eigenvalue weighted by Gasteiger charge is 2.14. The second kappa shape index (κ2) is 9.92. The molecule has 0 saturated heterocycles. The van der Waals surface area contributed by atoms with Gasteiger partial charge in [0.15, 0.2) is 0 Å². The number of hydrogen-bond acceptors (Lipinski definition) is 4. The molecule has 120 valence electrons. The fraction of sp³-hybridized carbons (Fsp3) is 0.625. The van der Waals surface area contributed by atoms with Crippen LogP contribution in [-0.2, 0) is 15.5 Å². The fourth-order valence-corrected chi connectivity index (χ4v) is 3.22. The SMILES string of the molecule is CCNC(CS(=O)CCOC)c1ccc(OC(C)C)cc1. The predicted octanol–water partition coefficient (Wildman–Crippen LogP) is 2.52. The van der Waals surface area contributed by atoms with Crippen molar-refractivity contribution in [1.82, 2.24) is 5.32 Å². The van der Waals surface area contributed by atoms with Crippen LogP contribution >= 0.6 is 0 Å². The van der Waals surface area contributed by atoms with Crippen LogP contribution < -0.4 is 10.1 Å². The van der Waals surface area contributed by atoms with E-state index in [-0.39, 0.29) is 12.1 Å². The number of methoxy groups -OCH3 is 1. The first-order valence-electron chi connectivity index (χ1n) is 7.40. The molecule has 0 saturated carbocycles. The summed E-state index contributed by atoms with van der Waals surface area (Å²) in [6, 6.07) is 8.12. The highest BCUT2D eigenvalue weighted by Crippen LogP contribution is 2.19. The first kappa shape index (κ1) is 18.1. The quantitative estimate of drug-likeness (QED) is 0.721. The van der Waals surface area contributed by atoms with Crippen LogP contribution in [0.4, 0.5) is 0 Å². The summed E-state index contributed by atoms with van der Waals surface area (Å²) in [5.41, 5.74) is 1.14. The molecule has 0 fully saturated rings. The van der Waals surface area contributed by atoms with E-state index in [4.69, 9.17) is 9.47 Å². The Morgan fingerprint density at radius 2 is 1.90 bits per heavy atom. The van der Waals surface area contributed by atoms with Crippen molar-refractivity contribution in [3.8, 4) is 5.75 Å². The molecule has 1 aromatic carbocycles. The maximum atomic E-state index is 12.0. The molecule has 5 heteroatoms. The summed E-state index contributed by atoms with van der Waals surface area (Å²) in [5.74, 6) is 2.04. The van der Waals surface area contributed by atoms with E-state index in [2.05, 4.69) is 12.2 Å². The molecule has 2 atom stereocenters. The maximum absolute atomic E-state index is 12.0. The summed E-state index contributed by atoms with van der Waals surface area (Å²) < 4.78 is 22.7. The molecule has 2 unspecified atom stereocenters. The molecule has 1 N–H and O–H groups in total. The van der Waals surface area contributed by atoms with Gasteiger partial charge in [-0.15, -0.1) is 0 Å². The van der Waals surface area contributed by atoms with Crippen molar-refractivity contribution in [2.24, 2.45) is 0 Å². The van der Waals surface area contributed by atoms with E-state index in [9.17, 15) is 4.21 Å². The highest BCUT2D eigenvalue weighted by atomic mass is 32.2. The zero-order valence-electron chi connectivity index (χ0n) is 13.4. The topological polar surface area (TPSA) is 47.6 Å². The van der Waals surface area contributed by atoms with Crippen LogP contribution in [0.25, 0.3) is 0 Å². The fourth-order valence-electron chi connectivity index (χ4n) is 2.02. The van der Waals surface area contributed by atoms with Crippen LogP contribution in [-0.4, -0.2) is 42.1 Å². The lowest BCUT2D eigenvalue weighted by Gasteiger charge is -2.19. The number of ether oxygens (including phenoxy) is 2. The standard InChI is InChI=1S/C16H27NO3S/c1-5-17-16(12-21(18)11-10-19-4)14-6-8-15(9-7-14)20-13(2)3/h6-9,13,16-17H,5,10-12H2,1-4H3. The zero-order chi connectivity index (χ0) is 15.7. The van der Waals surface area contributed by atoms with Crippen LogP contribution in [0.2, 0.25) is 0 Å². The number of hydrogen-bond donors (Lipinski definition) is 1. The first-order valence-corrected chi connectivity index (χ1v) is 8.89. The molecule has 0 aliphatic rings. The number of rotatable bonds is 10. The molecule has 0 amide bonds. The third-order valence-corrected chi connectivity index (χ3v) is 4.30. The van der Waals surface area contributed by atoms with E-state index in [0.717, 1.165) is 17.9 Å². The Morgan fingerprint density at radius 3 is 2.43 bits per heavy atom. The molecule has 4 nitrogen and oxygen atoms in total. The summed E-state index contributed by atoms with van der Waals surface area (Å²) in [5, 5.41) is 3.39. The number of benzene rings is 1. The lowest BCUT2D eigenvalue weighted by molar-refractivity contribution is 0.218. The maximum Gasteiger partial charge on any atom is 0.119 e. The monoisotopic (exact) mass is 313 g/mol. The van der Waals surface area contributed by atoms with Gasteiger partial charge in [0, 0.05) is 35.5 Å². The van der Waals surface area contributed by atoms with Crippen molar-refractivity contribution in [2.45, 2.75) is 32.9 Å². The van der Waals surface area contributed by atoms with Gasteiger partial charge in [0.2, 0.25) is 0 Å². The van der Waals surface area contributed by atoms with E-state index in [0.29, 0.717) is 18.1 Å². The van der Waals surface area contributed by atoms with Gasteiger partial charge in [-0.25, -0.2) is 0 Å². The molecule has 0 bridgehead atoms. The van der Waals surface area contributed by atoms with E-state index >= 15 is 0 Å². The summed E-state index contributed by atoms with van der Waals surface area (Å²) >= 11 is 0. The van der Waals surface area contributed by atoms with Gasteiger partial charge in [0.05, 0.1) is 12.7 Å². The van der Waals surface area contributed by atoms with Crippen molar-refractivity contribution in [1.29, 1.82) is 0 Å². The zero-order valence-corrected chi connectivity index (χ0v) is 14.2. The second-order valence-electron chi connectivity index (χ2n) is 5.15. The highest BCUT2D eigenvalue weighted by molar-refractivity contribution is 7.85. The Balaban J connectivity index is 2.68. The number of nitrogens with one attached hydrogen (secondary N) is 1. The Hall–Kier alpha value is -0.910. The third kappa shape index (κ3) is 7.07. The minimum absolute atomic E-state index is 0.0980. The minimum atomic E-state index is -0.885. The molecule has 0 spiro atoms. The molecule has 0 aromatic heterocycles. The van der Waals surface area contributed by atoms with Crippen molar-refractivity contribution < 1.29 is 13.7 Å². The van der Waals surface area contributed by atoms with E-state index in [1.165, 1.54) is 0 Å². The van der Waals surface area contributed by atoms with Crippen LogP contribution in [0.1, 0.15) is 32.4 Å². The molecule has 0 heterocycles. The van der Waals surface area contributed by atoms with Gasteiger partial charge in [-0.05, 0) is 38.1 Å². The Kier molecular flexibility index (Phi) is 8.57. The van der Waals surface area contributed by atoms with Crippen molar-refractivity contribution in [2.75, 3.05) is 31.8 Å². The molecule has 0 radical (unpaired) electrons. The van der Waals surface area contributed by atoms with E-state index in [1.54, 1.807) is 7.11 Å². The molecule has 1 aromatic rings. The molecule has 0 aliphatic heterocycles. The Labute approximate surface area is 130 Å². The largest absolute Gasteiger partial charge is 0.491 e. The van der Waals surface area contributed by atoms with Gasteiger partial charge < -0.3 is 14.8 Å². The second-order valence-corrected chi connectivity index (χ2v) is 6.77. The molecule has 1 rings (SSSR count). The van der Waals surface area contributed by atoms with E-state index in [1.807, 2.05) is 38.1 Å². The smallest absolute Gasteiger partial charge is 0.119 e. The van der Waals surface area contributed by atoms with Gasteiger partial charge in [0.1, 0.15) is 5.75 Å². The molecule has 0 aliphatic carbocycles.